The average molecular weight is 263 g/mol. The molecule has 1 aromatic carbocycles. The predicted molar refractivity (Wildman–Crippen MR) is 72.7 cm³/mol. The highest BCUT2D eigenvalue weighted by atomic mass is 16.5. The molecule has 0 aliphatic heterocycles. The number of aliphatic hydroxyl groups is 1. The predicted octanol–water partition coefficient (Wildman–Crippen LogP) is 1.81. The number of nitrogens with two attached hydrogens (primary N) is 1. The van der Waals surface area contributed by atoms with Crippen molar-refractivity contribution in [3.05, 3.63) is 35.4 Å². The number of aldehydes is 1. The molecule has 0 saturated heterocycles. The maximum absolute atomic E-state index is 10.9. The molecule has 1 aromatic rings. The van der Waals surface area contributed by atoms with Crippen molar-refractivity contribution in [2.24, 2.45) is 11.7 Å². The molecule has 0 heterocycles. The van der Waals surface area contributed by atoms with E-state index in [4.69, 9.17) is 10.5 Å². The largest absolute Gasteiger partial charge is 0.388 e. The summed E-state index contributed by atoms with van der Waals surface area (Å²) in [7, 11) is 1.49. The monoisotopic (exact) mass is 263 g/mol. The number of carbonyl (C=O) groups excluding carboxylic acids is 1. The summed E-state index contributed by atoms with van der Waals surface area (Å²) in [6.07, 6.45) is 4.18. The van der Waals surface area contributed by atoms with Crippen molar-refractivity contribution in [3.63, 3.8) is 0 Å². The topological polar surface area (TPSA) is 72.5 Å². The van der Waals surface area contributed by atoms with E-state index in [0.717, 1.165) is 32.0 Å². The smallest absolute Gasteiger partial charge is 0.168 e. The lowest BCUT2D eigenvalue weighted by atomic mass is 9.87. The van der Waals surface area contributed by atoms with Gasteiger partial charge in [0.25, 0.3) is 0 Å². The molecule has 1 saturated carbocycles. The van der Waals surface area contributed by atoms with Crippen LogP contribution in [0, 0.1) is 5.92 Å². The van der Waals surface area contributed by atoms with Gasteiger partial charge >= 0.3 is 0 Å². The molecule has 0 bridgehead atoms. The first-order valence-electron chi connectivity index (χ1n) is 6.69. The van der Waals surface area contributed by atoms with Crippen molar-refractivity contribution in [3.8, 4) is 0 Å². The molecular weight excluding hydrogens is 242 g/mol. The molecule has 104 valence electrons. The van der Waals surface area contributed by atoms with E-state index in [9.17, 15) is 9.90 Å². The zero-order valence-corrected chi connectivity index (χ0v) is 11.2. The molecule has 1 fully saturated rings. The fraction of sp³-hybridized carbons (Fsp3) is 0.533. The summed E-state index contributed by atoms with van der Waals surface area (Å²) in [4.78, 5) is 10.9. The molecular formula is C15H21NO3. The minimum atomic E-state index is -1.26. The Bertz CT molecular complexity index is 443. The summed E-state index contributed by atoms with van der Waals surface area (Å²) in [6.45, 7) is 0. The molecule has 0 spiro atoms. The van der Waals surface area contributed by atoms with Crippen LogP contribution in [0.4, 0.5) is 0 Å². The molecule has 0 aromatic heterocycles. The maximum atomic E-state index is 10.9. The Morgan fingerprint density at radius 2 is 2.16 bits per heavy atom. The Hall–Kier alpha value is -1.23. The van der Waals surface area contributed by atoms with Gasteiger partial charge in [-0.05, 0) is 24.8 Å². The SMILES string of the molecule is CO[C@@](N)(c1cccc(C=O)c1)[C@@H](O)C1CCCC1. The van der Waals surface area contributed by atoms with Crippen LogP contribution in [0.1, 0.15) is 41.6 Å². The van der Waals surface area contributed by atoms with E-state index < -0.39 is 11.8 Å². The van der Waals surface area contributed by atoms with Crippen molar-refractivity contribution < 1.29 is 14.6 Å². The molecule has 1 aliphatic rings. The summed E-state index contributed by atoms with van der Waals surface area (Å²) in [6, 6.07) is 6.92. The van der Waals surface area contributed by atoms with Gasteiger partial charge in [-0.1, -0.05) is 31.0 Å². The van der Waals surface area contributed by atoms with E-state index in [0.29, 0.717) is 11.1 Å². The van der Waals surface area contributed by atoms with Crippen molar-refractivity contribution >= 4 is 6.29 Å². The fourth-order valence-electron chi connectivity index (χ4n) is 2.89. The molecule has 1 aliphatic carbocycles. The van der Waals surface area contributed by atoms with E-state index in [1.54, 1.807) is 24.3 Å². The van der Waals surface area contributed by atoms with Crippen molar-refractivity contribution in [2.75, 3.05) is 7.11 Å². The second kappa shape index (κ2) is 5.82. The Balaban J connectivity index is 2.31. The van der Waals surface area contributed by atoms with Crippen LogP contribution in [0.3, 0.4) is 0 Å². The zero-order valence-electron chi connectivity index (χ0n) is 11.2. The van der Waals surface area contributed by atoms with Crippen molar-refractivity contribution in [1.82, 2.24) is 0 Å². The Kier molecular flexibility index (Phi) is 4.34. The third-order valence-electron chi connectivity index (χ3n) is 4.10. The number of hydrogen-bond acceptors (Lipinski definition) is 4. The number of methoxy groups -OCH3 is 1. The number of rotatable bonds is 5. The number of aliphatic hydroxyl groups excluding tert-OH is 1. The summed E-state index contributed by atoms with van der Waals surface area (Å²) in [5, 5.41) is 10.5. The Labute approximate surface area is 113 Å². The van der Waals surface area contributed by atoms with E-state index in [1.807, 2.05) is 0 Å². The van der Waals surface area contributed by atoms with Gasteiger partial charge in [0.05, 0.1) is 0 Å². The highest BCUT2D eigenvalue weighted by Gasteiger charge is 2.41. The minimum Gasteiger partial charge on any atom is -0.388 e. The lowest BCUT2D eigenvalue weighted by Gasteiger charge is -2.36. The van der Waals surface area contributed by atoms with Gasteiger partial charge in [-0.15, -0.1) is 0 Å². The maximum Gasteiger partial charge on any atom is 0.168 e. The minimum absolute atomic E-state index is 0.157. The highest BCUT2D eigenvalue weighted by molar-refractivity contribution is 5.75. The molecule has 2 atom stereocenters. The van der Waals surface area contributed by atoms with Gasteiger partial charge in [-0.25, -0.2) is 0 Å². The molecule has 3 N–H and O–H groups in total. The third-order valence-corrected chi connectivity index (χ3v) is 4.10. The molecule has 4 heteroatoms. The molecule has 0 unspecified atom stereocenters. The van der Waals surface area contributed by atoms with Crippen LogP contribution in [-0.4, -0.2) is 24.6 Å². The van der Waals surface area contributed by atoms with Gasteiger partial charge in [0.15, 0.2) is 5.72 Å². The molecule has 2 rings (SSSR count). The van der Waals surface area contributed by atoms with Crippen molar-refractivity contribution in [1.29, 1.82) is 0 Å². The van der Waals surface area contributed by atoms with Crippen LogP contribution in [0.5, 0.6) is 0 Å². The van der Waals surface area contributed by atoms with Gasteiger partial charge in [0, 0.05) is 18.2 Å². The molecule has 0 radical (unpaired) electrons. The van der Waals surface area contributed by atoms with E-state index in [2.05, 4.69) is 0 Å². The van der Waals surface area contributed by atoms with Gasteiger partial charge < -0.3 is 9.84 Å². The van der Waals surface area contributed by atoms with Gasteiger partial charge in [0.2, 0.25) is 0 Å². The van der Waals surface area contributed by atoms with Gasteiger partial charge in [0.1, 0.15) is 12.4 Å². The first-order valence-corrected chi connectivity index (χ1v) is 6.69. The van der Waals surface area contributed by atoms with Gasteiger partial charge in [-0.2, -0.15) is 0 Å². The van der Waals surface area contributed by atoms with E-state index in [-0.39, 0.29) is 5.92 Å². The lowest BCUT2D eigenvalue weighted by Crippen LogP contribution is -2.52. The van der Waals surface area contributed by atoms with Crippen LogP contribution >= 0.6 is 0 Å². The molecule has 0 amide bonds. The van der Waals surface area contributed by atoms with E-state index in [1.165, 1.54) is 7.11 Å². The standard InChI is InChI=1S/C15H21NO3/c1-19-15(16,14(18)12-6-2-3-7-12)13-8-4-5-11(9-13)10-17/h4-5,8-10,12,14,18H,2-3,6-7,16H2,1H3/t14-,15-/m0/s1. The van der Waals surface area contributed by atoms with Crippen LogP contribution in [-0.2, 0) is 10.5 Å². The third kappa shape index (κ3) is 2.71. The molecule has 19 heavy (non-hydrogen) atoms. The average Bonchev–Trinajstić information content (AvgIpc) is 2.99. The lowest BCUT2D eigenvalue weighted by molar-refractivity contribution is -0.126. The number of hydrogen-bond donors (Lipinski definition) is 2. The second-order valence-corrected chi connectivity index (χ2v) is 5.23. The fourth-order valence-corrected chi connectivity index (χ4v) is 2.89. The van der Waals surface area contributed by atoms with Crippen molar-refractivity contribution in [2.45, 2.75) is 37.5 Å². The van der Waals surface area contributed by atoms with E-state index >= 15 is 0 Å². The quantitative estimate of drug-likeness (QED) is 0.627. The summed E-state index contributed by atoms with van der Waals surface area (Å²) >= 11 is 0. The Morgan fingerprint density at radius 3 is 2.74 bits per heavy atom. The summed E-state index contributed by atoms with van der Waals surface area (Å²) in [5.41, 5.74) is 6.19. The highest BCUT2D eigenvalue weighted by Crippen LogP contribution is 2.36. The van der Waals surface area contributed by atoms with Crippen LogP contribution < -0.4 is 5.73 Å². The first-order chi connectivity index (χ1) is 9.11. The first kappa shape index (κ1) is 14.2. The summed E-state index contributed by atoms with van der Waals surface area (Å²) < 4.78 is 5.41. The zero-order chi connectivity index (χ0) is 13.9. The number of ether oxygens (including phenoxy) is 1. The van der Waals surface area contributed by atoms with Gasteiger partial charge in [-0.3, -0.25) is 10.5 Å². The number of benzene rings is 1. The Morgan fingerprint density at radius 1 is 1.47 bits per heavy atom. The second-order valence-electron chi connectivity index (χ2n) is 5.23. The summed E-state index contributed by atoms with van der Waals surface area (Å²) in [5.74, 6) is 0.157. The normalized spacial score (nSPS) is 21.0. The van der Waals surface area contributed by atoms with Crippen LogP contribution in [0.2, 0.25) is 0 Å². The molecule has 4 nitrogen and oxygen atoms in total. The van der Waals surface area contributed by atoms with Crippen LogP contribution in [0.25, 0.3) is 0 Å². The van der Waals surface area contributed by atoms with Crippen LogP contribution in [0.15, 0.2) is 24.3 Å². The number of carbonyl (C=O) groups is 1.